The number of nitrogens with one attached hydrogen (secondary N) is 1. The summed E-state index contributed by atoms with van der Waals surface area (Å²) in [5.74, 6) is -1.47. The third-order valence-electron chi connectivity index (χ3n) is 7.51. The third-order valence-corrected chi connectivity index (χ3v) is 10.5. The number of aromatic carboxylic acids is 1. The van der Waals surface area contributed by atoms with Crippen LogP contribution < -0.4 is 10.2 Å². The summed E-state index contributed by atoms with van der Waals surface area (Å²) in [6.07, 6.45) is 2.82. The Morgan fingerprint density at radius 3 is 2.33 bits per heavy atom. The first-order chi connectivity index (χ1) is 20.2. The van der Waals surface area contributed by atoms with Crippen LogP contribution in [-0.2, 0) is 34.2 Å². The van der Waals surface area contributed by atoms with Crippen molar-refractivity contribution in [2.24, 2.45) is 0 Å². The first kappa shape index (κ1) is 29.7. The zero-order valence-electron chi connectivity index (χ0n) is 23.6. The van der Waals surface area contributed by atoms with E-state index in [4.69, 9.17) is 0 Å². The van der Waals surface area contributed by atoms with E-state index in [1.165, 1.54) is 27.3 Å². The van der Waals surface area contributed by atoms with Gasteiger partial charge in [0.15, 0.2) is 5.13 Å². The second kappa shape index (κ2) is 12.6. The number of benzene rings is 3. The Labute approximate surface area is 249 Å². The minimum Gasteiger partial charge on any atom is -0.478 e. The number of hydrogen-bond acceptors (Lipinski definition) is 7. The largest absolute Gasteiger partial charge is 0.478 e. The number of fused-ring (bicyclic) bond motifs is 1. The van der Waals surface area contributed by atoms with Crippen molar-refractivity contribution in [2.75, 3.05) is 24.5 Å². The molecule has 1 fully saturated rings. The SMILES string of the molecule is CCCc1ccc(CNC(=O)[C@H]2CN(c3nc4c(C(=O)O)cccc4s3)CCN2S(=O)(=O)c2ccc(CC)cc2)cc1. The highest BCUT2D eigenvalue weighted by Gasteiger charge is 2.41. The molecule has 3 aromatic carbocycles. The summed E-state index contributed by atoms with van der Waals surface area (Å²) >= 11 is 1.33. The number of aryl methyl sites for hydroxylation is 2. The van der Waals surface area contributed by atoms with Crippen LogP contribution in [0.15, 0.2) is 71.6 Å². The number of thiazole rings is 1. The Morgan fingerprint density at radius 1 is 0.976 bits per heavy atom. The van der Waals surface area contributed by atoms with Crippen molar-refractivity contribution in [1.29, 1.82) is 0 Å². The molecule has 1 aliphatic rings. The summed E-state index contributed by atoms with van der Waals surface area (Å²) in [5, 5.41) is 13.1. The molecule has 1 atom stereocenters. The minimum absolute atomic E-state index is 0.0728. The fourth-order valence-corrected chi connectivity index (χ4v) is 7.74. The molecular weight excluding hydrogens is 572 g/mol. The Hall–Kier alpha value is -3.80. The highest BCUT2D eigenvalue weighted by molar-refractivity contribution is 7.89. The van der Waals surface area contributed by atoms with E-state index in [1.807, 2.05) is 36.1 Å². The maximum Gasteiger partial charge on any atom is 0.337 e. The zero-order chi connectivity index (χ0) is 29.9. The van der Waals surface area contributed by atoms with Gasteiger partial charge in [-0.05, 0) is 53.8 Å². The Balaban J connectivity index is 1.42. The summed E-state index contributed by atoms with van der Waals surface area (Å²) in [6, 6.07) is 18.8. The number of carboxylic acid groups (broad SMARTS) is 1. The van der Waals surface area contributed by atoms with Gasteiger partial charge in [0, 0.05) is 26.2 Å². The van der Waals surface area contributed by atoms with Gasteiger partial charge < -0.3 is 15.3 Å². The fourth-order valence-electron chi connectivity index (χ4n) is 5.14. The van der Waals surface area contributed by atoms with E-state index in [2.05, 4.69) is 17.2 Å². The summed E-state index contributed by atoms with van der Waals surface area (Å²) < 4.78 is 29.6. The van der Waals surface area contributed by atoms with Crippen LogP contribution in [0.1, 0.15) is 47.3 Å². The number of anilines is 1. The maximum atomic E-state index is 13.8. The number of carbonyl (C=O) groups is 2. The molecule has 1 aromatic heterocycles. The predicted octanol–water partition coefficient (Wildman–Crippen LogP) is 4.71. The van der Waals surface area contributed by atoms with Crippen LogP contribution in [0.25, 0.3) is 10.2 Å². The number of carboxylic acids is 1. The Bertz CT molecular complexity index is 1680. The number of nitrogens with zero attached hydrogens (tertiary/aromatic N) is 3. The quantitative estimate of drug-likeness (QED) is 0.268. The van der Waals surface area contributed by atoms with E-state index in [0.717, 1.165) is 30.4 Å². The normalized spacial score (nSPS) is 16.0. The number of sulfonamides is 1. The molecule has 1 aliphatic heterocycles. The van der Waals surface area contributed by atoms with Crippen LogP contribution in [0.5, 0.6) is 0 Å². The van der Waals surface area contributed by atoms with Crippen molar-refractivity contribution in [1.82, 2.24) is 14.6 Å². The van der Waals surface area contributed by atoms with E-state index < -0.39 is 27.9 Å². The molecule has 1 saturated heterocycles. The number of amides is 1. The van der Waals surface area contributed by atoms with Crippen LogP contribution in [0.4, 0.5) is 5.13 Å². The van der Waals surface area contributed by atoms with Gasteiger partial charge >= 0.3 is 5.97 Å². The number of carbonyl (C=O) groups excluding carboxylic acids is 1. The molecule has 42 heavy (non-hydrogen) atoms. The lowest BCUT2D eigenvalue weighted by atomic mass is 10.1. The predicted molar refractivity (Wildman–Crippen MR) is 165 cm³/mol. The van der Waals surface area contributed by atoms with E-state index in [9.17, 15) is 23.1 Å². The van der Waals surface area contributed by atoms with E-state index in [-0.39, 0.29) is 30.1 Å². The summed E-state index contributed by atoms with van der Waals surface area (Å²) in [5.41, 5.74) is 3.65. The minimum atomic E-state index is -3.97. The second-order valence-electron chi connectivity index (χ2n) is 10.3. The van der Waals surface area contributed by atoms with Crippen molar-refractivity contribution in [3.8, 4) is 0 Å². The molecule has 0 unspecified atom stereocenters. The highest BCUT2D eigenvalue weighted by atomic mass is 32.2. The lowest BCUT2D eigenvalue weighted by Gasteiger charge is -2.39. The molecule has 5 rings (SSSR count). The fraction of sp³-hybridized carbons (Fsp3) is 0.323. The second-order valence-corrected chi connectivity index (χ2v) is 13.2. The molecule has 0 spiro atoms. The average Bonchev–Trinajstić information content (AvgIpc) is 3.45. The van der Waals surface area contributed by atoms with Gasteiger partial charge in [0.1, 0.15) is 6.04 Å². The molecule has 4 aromatic rings. The zero-order valence-corrected chi connectivity index (χ0v) is 25.2. The number of hydrogen-bond donors (Lipinski definition) is 2. The first-order valence-corrected chi connectivity index (χ1v) is 16.3. The molecular formula is C31H34N4O5S2. The van der Waals surface area contributed by atoms with Crippen molar-refractivity contribution < 1.29 is 23.1 Å². The van der Waals surface area contributed by atoms with E-state index in [1.54, 1.807) is 36.4 Å². The molecule has 0 aliphatic carbocycles. The van der Waals surface area contributed by atoms with Gasteiger partial charge in [-0.15, -0.1) is 0 Å². The molecule has 2 heterocycles. The van der Waals surface area contributed by atoms with Gasteiger partial charge in [-0.1, -0.05) is 74.1 Å². The smallest absolute Gasteiger partial charge is 0.337 e. The summed E-state index contributed by atoms with van der Waals surface area (Å²) in [6.45, 7) is 4.85. The lowest BCUT2D eigenvalue weighted by molar-refractivity contribution is -0.125. The molecule has 0 bridgehead atoms. The topological polar surface area (TPSA) is 120 Å². The monoisotopic (exact) mass is 606 g/mol. The Kier molecular flexibility index (Phi) is 8.91. The molecule has 2 N–H and O–H groups in total. The van der Waals surface area contributed by atoms with Crippen LogP contribution >= 0.6 is 11.3 Å². The molecule has 11 heteroatoms. The number of aromatic nitrogens is 1. The highest BCUT2D eigenvalue weighted by Crippen LogP contribution is 2.33. The Morgan fingerprint density at radius 2 is 1.67 bits per heavy atom. The molecule has 220 valence electrons. The summed E-state index contributed by atoms with van der Waals surface area (Å²) in [4.78, 5) is 32.0. The number of piperazine rings is 1. The van der Waals surface area contributed by atoms with Crippen LogP contribution in [0.3, 0.4) is 0 Å². The van der Waals surface area contributed by atoms with Gasteiger partial charge in [0.2, 0.25) is 15.9 Å². The van der Waals surface area contributed by atoms with Crippen LogP contribution in [0, 0.1) is 0 Å². The molecule has 0 saturated carbocycles. The van der Waals surface area contributed by atoms with Crippen molar-refractivity contribution in [3.05, 3.63) is 89.0 Å². The van der Waals surface area contributed by atoms with Gasteiger partial charge in [-0.25, -0.2) is 18.2 Å². The van der Waals surface area contributed by atoms with Crippen molar-refractivity contribution >= 4 is 48.6 Å². The van der Waals surface area contributed by atoms with Gasteiger partial charge in [-0.3, -0.25) is 4.79 Å². The number of para-hydroxylation sites is 1. The molecule has 0 radical (unpaired) electrons. The number of rotatable bonds is 10. The van der Waals surface area contributed by atoms with Crippen molar-refractivity contribution in [3.63, 3.8) is 0 Å². The third kappa shape index (κ3) is 6.18. The molecule has 9 nitrogen and oxygen atoms in total. The maximum absolute atomic E-state index is 13.8. The summed E-state index contributed by atoms with van der Waals surface area (Å²) in [7, 11) is -3.97. The van der Waals surface area contributed by atoms with Crippen LogP contribution in [0.2, 0.25) is 0 Å². The van der Waals surface area contributed by atoms with Crippen molar-refractivity contribution in [2.45, 2.75) is 50.6 Å². The molecule has 1 amide bonds. The van der Waals surface area contributed by atoms with Gasteiger partial charge in [0.25, 0.3) is 0 Å². The standard InChI is InChI=1S/C31H34N4O5S2/c1-3-6-22-9-11-23(12-10-22)19-32-29(36)26-20-34(31-33-28-25(30(37)38)7-5-8-27(28)41-31)17-18-35(26)42(39,40)24-15-13-21(4-2)14-16-24/h5,7-16,26H,3-4,6,17-20H2,1-2H3,(H,32,36)(H,37,38)/t26-/m1/s1. The van der Waals surface area contributed by atoms with Crippen LogP contribution in [-0.4, -0.2) is 60.4 Å². The van der Waals surface area contributed by atoms with E-state index in [0.29, 0.717) is 21.9 Å². The first-order valence-electron chi connectivity index (χ1n) is 14.0. The van der Waals surface area contributed by atoms with Gasteiger partial charge in [0.05, 0.1) is 20.7 Å². The van der Waals surface area contributed by atoms with Gasteiger partial charge in [-0.2, -0.15) is 4.31 Å². The average molecular weight is 607 g/mol. The lowest BCUT2D eigenvalue weighted by Crippen LogP contribution is -2.60. The van der Waals surface area contributed by atoms with E-state index >= 15 is 0 Å².